The summed E-state index contributed by atoms with van der Waals surface area (Å²) in [6, 6.07) is 8.46. The second kappa shape index (κ2) is 10.3. The highest BCUT2D eigenvalue weighted by Crippen LogP contribution is 2.30. The summed E-state index contributed by atoms with van der Waals surface area (Å²) in [5.74, 6) is -0.665. The number of benzene rings is 1. The molecule has 0 bridgehead atoms. The topological polar surface area (TPSA) is 93.2 Å². The highest BCUT2D eigenvalue weighted by atomic mass is 32.2. The zero-order chi connectivity index (χ0) is 23.4. The highest BCUT2D eigenvalue weighted by Gasteiger charge is 2.29. The van der Waals surface area contributed by atoms with Crippen molar-refractivity contribution in [2.24, 2.45) is 0 Å². The van der Waals surface area contributed by atoms with Crippen LogP contribution >= 0.6 is 11.3 Å². The van der Waals surface area contributed by atoms with Gasteiger partial charge in [-0.1, -0.05) is 19.1 Å². The molecule has 1 amide bonds. The number of hydrogen-bond donors (Lipinski definition) is 2. The molecule has 1 aliphatic carbocycles. The van der Waals surface area contributed by atoms with E-state index in [-0.39, 0.29) is 16.9 Å². The van der Waals surface area contributed by atoms with Crippen LogP contribution in [0.1, 0.15) is 37.8 Å². The highest BCUT2D eigenvalue weighted by molar-refractivity contribution is 7.87. The number of carbonyl (C=O) groups excluding carboxylic acids is 1. The first kappa shape index (κ1) is 23.2. The van der Waals surface area contributed by atoms with Gasteiger partial charge < -0.3 is 10.1 Å². The lowest BCUT2D eigenvalue weighted by Crippen LogP contribution is -2.21. The number of aromatic nitrogens is 2. The van der Waals surface area contributed by atoms with Gasteiger partial charge in [0.25, 0.3) is 0 Å². The molecule has 2 heterocycles. The molecule has 0 radical (unpaired) electrons. The molecule has 33 heavy (non-hydrogen) atoms. The first-order valence-corrected chi connectivity index (χ1v) is 12.5. The summed E-state index contributed by atoms with van der Waals surface area (Å²) in [6.45, 7) is -1.01. The molecule has 0 saturated heterocycles. The van der Waals surface area contributed by atoms with E-state index < -0.39 is 23.5 Å². The Balaban J connectivity index is 1.40. The number of halogens is 2. The monoisotopic (exact) mass is 492 g/mol. The molecule has 1 fully saturated rings. The molecule has 2 atom stereocenters. The summed E-state index contributed by atoms with van der Waals surface area (Å²) in [6.07, 6.45) is 5.24. The molecule has 2 unspecified atom stereocenters. The lowest BCUT2D eigenvalue weighted by atomic mass is 10.0. The van der Waals surface area contributed by atoms with Gasteiger partial charge in [0, 0.05) is 22.8 Å². The standard InChI is InChI=1S/C22H22F2N4O3S2/c1-2-18(19-12-32-22(27-19)28-33(30)17-7-8-17)20(29)26-15-5-3-13(4-6-15)14-9-16(11-25-10-14)31-21(23)24/h3-6,9-12,17-18,21H,2,7-8H2,1H3,(H,26,29)(H,27,28). The minimum Gasteiger partial charge on any atom is -0.433 e. The van der Waals surface area contributed by atoms with Gasteiger partial charge in [-0.05, 0) is 43.0 Å². The molecule has 174 valence electrons. The van der Waals surface area contributed by atoms with Crippen LogP contribution in [-0.4, -0.2) is 31.9 Å². The van der Waals surface area contributed by atoms with Crippen molar-refractivity contribution < 1.29 is 22.5 Å². The third-order valence-electron chi connectivity index (χ3n) is 5.04. The maximum atomic E-state index is 12.9. The van der Waals surface area contributed by atoms with E-state index in [4.69, 9.17) is 0 Å². The number of anilines is 2. The molecule has 1 aliphatic rings. The number of thiazole rings is 1. The zero-order valence-corrected chi connectivity index (χ0v) is 19.3. The van der Waals surface area contributed by atoms with Crippen LogP contribution in [0.2, 0.25) is 0 Å². The van der Waals surface area contributed by atoms with Crippen molar-refractivity contribution in [1.29, 1.82) is 0 Å². The summed E-state index contributed by atoms with van der Waals surface area (Å²) in [5.41, 5.74) is 2.59. The van der Waals surface area contributed by atoms with Gasteiger partial charge in [0.2, 0.25) is 5.91 Å². The number of carbonyl (C=O) groups is 1. The lowest BCUT2D eigenvalue weighted by Gasteiger charge is -2.13. The van der Waals surface area contributed by atoms with E-state index in [0.29, 0.717) is 28.5 Å². The summed E-state index contributed by atoms with van der Waals surface area (Å²) in [7, 11) is -1.13. The van der Waals surface area contributed by atoms with Gasteiger partial charge in [-0.3, -0.25) is 14.5 Å². The third kappa shape index (κ3) is 6.11. The SMILES string of the molecule is CCC(C(=O)Nc1ccc(-c2cncc(OC(F)F)c2)cc1)c1csc(NS(=O)C2CC2)n1. The smallest absolute Gasteiger partial charge is 0.387 e. The van der Waals surface area contributed by atoms with E-state index in [2.05, 4.69) is 24.7 Å². The quantitative estimate of drug-likeness (QED) is 0.407. The molecule has 1 aromatic carbocycles. The van der Waals surface area contributed by atoms with Crippen molar-refractivity contribution in [3.8, 4) is 16.9 Å². The fraction of sp³-hybridized carbons (Fsp3) is 0.318. The van der Waals surface area contributed by atoms with Crippen molar-refractivity contribution in [2.45, 2.75) is 44.0 Å². The van der Waals surface area contributed by atoms with Crippen molar-refractivity contribution in [3.05, 3.63) is 53.8 Å². The van der Waals surface area contributed by atoms with Gasteiger partial charge in [-0.15, -0.1) is 11.3 Å². The lowest BCUT2D eigenvalue weighted by molar-refractivity contribution is -0.117. The van der Waals surface area contributed by atoms with Gasteiger partial charge in [0.1, 0.15) is 16.7 Å². The van der Waals surface area contributed by atoms with Crippen LogP contribution in [0.4, 0.5) is 19.6 Å². The Kier molecular flexibility index (Phi) is 7.29. The van der Waals surface area contributed by atoms with Crippen LogP contribution in [0, 0.1) is 0 Å². The van der Waals surface area contributed by atoms with Crippen LogP contribution in [0.25, 0.3) is 11.1 Å². The summed E-state index contributed by atoms with van der Waals surface area (Å²) >= 11 is 1.34. The predicted molar refractivity (Wildman–Crippen MR) is 125 cm³/mol. The van der Waals surface area contributed by atoms with Crippen LogP contribution in [-0.2, 0) is 15.8 Å². The Morgan fingerprint density at radius 3 is 2.67 bits per heavy atom. The molecule has 0 spiro atoms. The van der Waals surface area contributed by atoms with Crippen LogP contribution in [0.3, 0.4) is 0 Å². The third-order valence-corrected chi connectivity index (χ3v) is 7.42. The number of rotatable bonds is 10. The number of nitrogens with one attached hydrogen (secondary N) is 2. The minimum absolute atomic E-state index is 0.0243. The van der Waals surface area contributed by atoms with Gasteiger partial charge in [0.15, 0.2) is 5.13 Å². The number of nitrogens with zero attached hydrogens (tertiary/aromatic N) is 2. The van der Waals surface area contributed by atoms with Crippen molar-refractivity contribution >= 4 is 39.0 Å². The predicted octanol–water partition coefficient (Wildman–Crippen LogP) is 5.18. The van der Waals surface area contributed by atoms with Crippen LogP contribution in [0.5, 0.6) is 5.75 Å². The Morgan fingerprint density at radius 1 is 1.24 bits per heavy atom. The number of pyridine rings is 1. The molecule has 7 nitrogen and oxygen atoms in total. The maximum Gasteiger partial charge on any atom is 0.387 e. The second-order valence-corrected chi connectivity index (χ2v) is 9.82. The largest absolute Gasteiger partial charge is 0.433 e. The van der Waals surface area contributed by atoms with Gasteiger partial charge >= 0.3 is 6.61 Å². The summed E-state index contributed by atoms with van der Waals surface area (Å²) < 4.78 is 44.2. The number of ether oxygens (including phenoxy) is 1. The van der Waals surface area contributed by atoms with E-state index >= 15 is 0 Å². The van der Waals surface area contributed by atoms with E-state index in [9.17, 15) is 17.8 Å². The van der Waals surface area contributed by atoms with Gasteiger partial charge in [-0.25, -0.2) is 9.19 Å². The fourth-order valence-corrected chi connectivity index (χ4v) is 5.19. The normalized spacial score (nSPS) is 15.2. The Hall–Kier alpha value is -2.92. The number of hydrogen-bond acceptors (Lipinski definition) is 6. The van der Waals surface area contributed by atoms with Crippen molar-refractivity contribution in [1.82, 2.24) is 9.97 Å². The number of alkyl halides is 2. The van der Waals surface area contributed by atoms with Crippen molar-refractivity contribution in [3.63, 3.8) is 0 Å². The summed E-state index contributed by atoms with van der Waals surface area (Å²) in [4.78, 5) is 21.3. The average Bonchev–Trinajstić information content (AvgIpc) is 3.55. The minimum atomic E-state index is -2.92. The molecule has 1 saturated carbocycles. The molecular weight excluding hydrogens is 470 g/mol. The second-order valence-electron chi connectivity index (χ2n) is 7.49. The fourth-order valence-electron chi connectivity index (χ4n) is 3.19. The molecular formula is C22H22F2N4O3S2. The molecule has 4 rings (SSSR count). The zero-order valence-electron chi connectivity index (χ0n) is 17.7. The van der Waals surface area contributed by atoms with Crippen LogP contribution in [0.15, 0.2) is 48.1 Å². The first-order valence-electron chi connectivity index (χ1n) is 10.4. The first-order chi connectivity index (χ1) is 15.9. The van der Waals surface area contributed by atoms with E-state index in [1.807, 2.05) is 12.3 Å². The van der Waals surface area contributed by atoms with Gasteiger partial charge in [0.05, 0.1) is 23.1 Å². The molecule has 11 heteroatoms. The van der Waals surface area contributed by atoms with E-state index in [1.165, 1.54) is 23.6 Å². The number of amides is 1. The Bertz CT molecular complexity index is 1140. The molecule has 2 N–H and O–H groups in total. The average molecular weight is 493 g/mol. The van der Waals surface area contributed by atoms with Crippen LogP contribution < -0.4 is 14.8 Å². The Labute approximate surface area is 196 Å². The maximum absolute atomic E-state index is 12.9. The van der Waals surface area contributed by atoms with E-state index in [1.54, 1.807) is 30.5 Å². The van der Waals surface area contributed by atoms with Crippen molar-refractivity contribution in [2.75, 3.05) is 10.0 Å². The molecule has 3 aromatic rings. The van der Waals surface area contributed by atoms with Gasteiger partial charge in [-0.2, -0.15) is 8.78 Å². The molecule has 0 aliphatic heterocycles. The Morgan fingerprint density at radius 2 is 2.00 bits per heavy atom. The van der Waals surface area contributed by atoms with E-state index in [0.717, 1.165) is 18.4 Å². The molecule has 2 aromatic heterocycles. The summed E-state index contributed by atoms with van der Waals surface area (Å²) in [5, 5.41) is 5.45.